The first-order chi connectivity index (χ1) is 7.29. The van der Waals surface area contributed by atoms with Crippen LogP contribution in [0.2, 0.25) is 0 Å². The first-order valence-electron chi connectivity index (χ1n) is 5.21. The van der Waals surface area contributed by atoms with E-state index >= 15 is 0 Å². The second kappa shape index (κ2) is 4.31. The third-order valence-corrected chi connectivity index (χ3v) is 2.93. The van der Waals surface area contributed by atoms with E-state index in [1.807, 2.05) is 0 Å². The van der Waals surface area contributed by atoms with E-state index < -0.39 is 0 Å². The number of nitriles is 1. The number of nitrogens with zero attached hydrogens (tertiary/aromatic N) is 1. The summed E-state index contributed by atoms with van der Waals surface area (Å²) in [5, 5.41) is 12.1. The van der Waals surface area contributed by atoms with E-state index in [0.29, 0.717) is 5.92 Å². The van der Waals surface area contributed by atoms with Crippen molar-refractivity contribution in [2.45, 2.75) is 25.3 Å². The van der Waals surface area contributed by atoms with Gasteiger partial charge in [0.2, 0.25) is 0 Å². The lowest BCUT2D eigenvalue weighted by atomic mass is 9.80. The highest BCUT2D eigenvalue weighted by molar-refractivity contribution is 5.45. The van der Waals surface area contributed by atoms with E-state index in [2.05, 4.69) is 11.4 Å². The van der Waals surface area contributed by atoms with E-state index in [-0.39, 0.29) is 11.9 Å². The molecule has 78 valence electrons. The Kier molecular flexibility index (Phi) is 2.86. The highest BCUT2D eigenvalue weighted by Crippen LogP contribution is 2.30. The average molecular weight is 204 g/mol. The van der Waals surface area contributed by atoms with E-state index in [1.54, 1.807) is 12.1 Å². The van der Waals surface area contributed by atoms with Gasteiger partial charge in [0, 0.05) is 5.69 Å². The smallest absolute Gasteiger partial charge is 0.123 e. The molecule has 0 aliphatic heterocycles. The topological polar surface area (TPSA) is 35.8 Å². The molecule has 1 unspecified atom stereocenters. The average Bonchev–Trinajstić information content (AvgIpc) is 2.17. The fourth-order valence-corrected chi connectivity index (χ4v) is 1.75. The molecule has 1 aliphatic rings. The van der Waals surface area contributed by atoms with Crippen LogP contribution in [0.15, 0.2) is 24.3 Å². The van der Waals surface area contributed by atoms with Crippen molar-refractivity contribution in [3.05, 3.63) is 30.1 Å². The minimum atomic E-state index is -0.252. The van der Waals surface area contributed by atoms with Gasteiger partial charge in [0.1, 0.15) is 11.9 Å². The van der Waals surface area contributed by atoms with Gasteiger partial charge in [-0.2, -0.15) is 5.26 Å². The van der Waals surface area contributed by atoms with E-state index in [9.17, 15) is 4.39 Å². The molecule has 3 heteroatoms. The van der Waals surface area contributed by atoms with Gasteiger partial charge < -0.3 is 5.32 Å². The Balaban J connectivity index is 2.00. The zero-order valence-corrected chi connectivity index (χ0v) is 8.41. The molecule has 1 aliphatic carbocycles. The molecule has 1 saturated carbocycles. The van der Waals surface area contributed by atoms with Crippen LogP contribution in [0.1, 0.15) is 19.3 Å². The summed E-state index contributed by atoms with van der Waals surface area (Å²) in [5.74, 6) is 0.206. The molecule has 0 amide bonds. The van der Waals surface area contributed by atoms with Gasteiger partial charge >= 0.3 is 0 Å². The fourth-order valence-electron chi connectivity index (χ4n) is 1.75. The number of rotatable bonds is 3. The Morgan fingerprint density at radius 1 is 1.33 bits per heavy atom. The molecule has 1 atom stereocenters. The zero-order valence-electron chi connectivity index (χ0n) is 8.41. The third kappa shape index (κ3) is 2.27. The van der Waals surface area contributed by atoms with Crippen LogP contribution in [0.4, 0.5) is 10.1 Å². The Morgan fingerprint density at radius 2 is 2.00 bits per heavy atom. The Labute approximate surface area is 88.7 Å². The van der Waals surface area contributed by atoms with Gasteiger partial charge in [0.25, 0.3) is 0 Å². The molecular weight excluding hydrogens is 191 g/mol. The normalized spacial score (nSPS) is 17.6. The van der Waals surface area contributed by atoms with Gasteiger partial charge in [-0.1, -0.05) is 6.42 Å². The van der Waals surface area contributed by atoms with E-state index in [4.69, 9.17) is 5.26 Å². The van der Waals surface area contributed by atoms with Crippen LogP contribution in [0.25, 0.3) is 0 Å². The number of hydrogen-bond acceptors (Lipinski definition) is 2. The van der Waals surface area contributed by atoms with Crippen LogP contribution in [0, 0.1) is 23.1 Å². The molecule has 0 saturated heterocycles. The van der Waals surface area contributed by atoms with Crippen LogP contribution in [-0.2, 0) is 0 Å². The SMILES string of the molecule is N#CC(Nc1ccc(F)cc1)C1CCC1. The molecule has 1 fully saturated rings. The highest BCUT2D eigenvalue weighted by atomic mass is 19.1. The summed E-state index contributed by atoms with van der Waals surface area (Å²) in [5.41, 5.74) is 0.815. The van der Waals surface area contributed by atoms with Crippen molar-refractivity contribution in [2.75, 3.05) is 5.32 Å². The van der Waals surface area contributed by atoms with Crippen LogP contribution in [0.5, 0.6) is 0 Å². The summed E-state index contributed by atoms with van der Waals surface area (Å²) in [6, 6.07) is 8.26. The lowest BCUT2D eigenvalue weighted by molar-refractivity contribution is 0.303. The van der Waals surface area contributed by atoms with Gasteiger partial charge in [0.15, 0.2) is 0 Å². The lowest BCUT2D eigenvalue weighted by Gasteiger charge is -2.30. The molecule has 0 spiro atoms. The number of halogens is 1. The van der Waals surface area contributed by atoms with Crippen molar-refractivity contribution in [3.8, 4) is 6.07 Å². The van der Waals surface area contributed by atoms with Crippen molar-refractivity contribution in [3.63, 3.8) is 0 Å². The highest BCUT2D eigenvalue weighted by Gasteiger charge is 2.26. The third-order valence-electron chi connectivity index (χ3n) is 2.93. The number of anilines is 1. The summed E-state index contributed by atoms with van der Waals surface area (Å²) >= 11 is 0. The molecule has 0 radical (unpaired) electrons. The van der Waals surface area contributed by atoms with Crippen LogP contribution in [-0.4, -0.2) is 6.04 Å². The summed E-state index contributed by atoms with van der Waals surface area (Å²) in [6.07, 6.45) is 3.45. The first kappa shape index (κ1) is 9.97. The van der Waals surface area contributed by atoms with Gasteiger partial charge in [-0.3, -0.25) is 0 Å². The number of nitrogens with one attached hydrogen (secondary N) is 1. The van der Waals surface area contributed by atoms with E-state index in [0.717, 1.165) is 18.5 Å². The summed E-state index contributed by atoms with van der Waals surface area (Å²) in [7, 11) is 0. The molecule has 15 heavy (non-hydrogen) atoms. The van der Waals surface area contributed by atoms with Gasteiger partial charge in [0.05, 0.1) is 6.07 Å². The lowest BCUT2D eigenvalue weighted by Crippen LogP contribution is -2.32. The Bertz CT molecular complexity index is 362. The molecule has 1 N–H and O–H groups in total. The molecule has 0 aromatic heterocycles. The molecule has 1 aromatic carbocycles. The second-order valence-corrected chi connectivity index (χ2v) is 3.95. The largest absolute Gasteiger partial charge is 0.370 e. The molecular formula is C12H13FN2. The summed E-state index contributed by atoms with van der Waals surface area (Å²) in [4.78, 5) is 0. The van der Waals surface area contributed by atoms with Crippen molar-refractivity contribution < 1.29 is 4.39 Å². The van der Waals surface area contributed by atoms with Gasteiger partial charge in [-0.25, -0.2) is 4.39 Å². The quantitative estimate of drug-likeness (QED) is 0.821. The molecule has 2 rings (SSSR count). The minimum absolute atomic E-state index is 0.135. The van der Waals surface area contributed by atoms with Crippen molar-refractivity contribution in [1.29, 1.82) is 5.26 Å². The Morgan fingerprint density at radius 3 is 2.47 bits per heavy atom. The van der Waals surface area contributed by atoms with Gasteiger partial charge in [-0.15, -0.1) is 0 Å². The first-order valence-corrected chi connectivity index (χ1v) is 5.21. The number of hydrogen-bond donors (Lipinski definition) is 1. The molecule has 0 bridgehead atoms. The standard InChI is InChI=1S/C12H13FN2/c13-10-4-6-11(7-5-10)15-12(8-14)9-2-1-3-9/h4-7,9,12,15H,1-3H2. The predicted molar refractivity (Wildman–Crippen MR) is 56.8 cm³/mol. The van der Waals surface area contributed by atoms with Crippen LogP contribution < -0.4 is 5.32 Å². The van der Waals surface area contributed by atoms with Crippen molar-refractivity contribution >= 4 is 5.69 Å². The van der Waals surface area contributed by atoms with Crippen molar-refractivity contribution in [2.24, 2.45) is 5.92 Å². The predicted octanol–water partition coefficient (Wildman–Crippen LogP) is 2.93. The zero-order chi connectivity index (χ0) is 10.7. The van der Waals surface area contributed by atoms with Crippen molar-refractivity contribution in [1.82, 2.24) is 0 Å². The Hall–Kier alpha value is -1.56. The maximum absolute atomic E-state index is 12.6. The fraction of sp³-hybridized carbons (Fsp3) is 0.417. The monoisotopic (exact) mass is 204 g/mol. The summed E-state index contributed by atoms with van der Waals surface area (Å²) in [6.45, 7) is 0. The van der Waals surface area contributed by atoms with E-state index in [1.165, 1.54) is 18.6 Å². The summed E-state index contributed by atoms with van der Waals surface area (Å²) < 4.78 is 12.6. The van der Waals surface area contributed by atoms with Crippen LogP contribution >= 0.6 is 0 Å². The minimum Gasteiger partial charge on any atom is -0.370 e. The van der Waals surface area contributed by atoms with Gasteiger partial charge in [-0.05, 0) is 43.0 Å². The molecule has 2 nitrogen and oxygen atoms in total. The molecule has 0 heterocycles. The number of benzene rings is 1. The molecule has 1 aromatic rings. The van der Waals surface area contributed by atoms with Crippen LogP contribution in [0.3, 0.4) is 0 Å². The second-order valence-electron chi connectivity index (χ2n) is 3.95. The maximum atomic E-state index is 12.6. The maximum Gasteiger partial charge on any atom is 0.123 e.